The van der Waals surface area contributed by atoms with Crippen molar-refractivity contribution in [2.24, 2.45) is 0 Å². The fourth-order valence-electron chi connectivity index (χ4n) is 4.09. The van der Waals surface area contributed by atoms with E-state index in [2.05, 4.69) is 15.3 Å². The molecule has 0 saturated heterocycles. The number of hydrogen-bond acceptors (Lipinski definition) is 3. The fraction of sp³-hybridized carbons (Fsp3) is 0.0667. The molecule has 3 N–H and O–H groups in total. The van der Waals surface area contributed by atoms with E-state index in [0.29, 0.717) is 13.0 Å². The van der Waals surface area contributed by atoms with E-state index in [1.54, 1.807) is 12.4 Å². The molecule has 0 saturated carbocycles. The van der Waals surface area contributed by atoms with Gasteiger partial charge >= 0.3 is 0 Å². The van der Waals surface area contributed by atoms with Gasteiger partial charge in [0.2, 0.25) is 5.91 Å². The van der Waals surface area contributed by atoms with E-state index in [1.165, 1.54) is 0 Å². The Bertz CT molecular complexity index is 1450. The van der Waals surface area contributed by atoms with Crippen molar-refractivity contribution in [3.63, 3.8) is 0 Å². The first kappa shape index (κ1) is 22.2. The molecule has 0 aliphatic carbocycles. The van der Waals surface area contributed by atoms with Crippen LogP contribution in [0, 0.1) is 0 Å². The van der Waals surface area contributed by atoms with Gasteiger partial charge in [-0.25, -0.2) is 0 Å². The van der Waals surface area contributed by atoms with Gasteiger partial charge in [0.15, 0.2) is 0 Å². The third-order valence-electron chi connectivity index (χ3n) is 5.91. The van der Waals surface area contributed by atoms with Crippen LogP contribution in [0.2, 0.25) is 0 Å². The van der Waals surface area contributed by atoms with Crippen molar-refractivity contribution >= 4 is 22.9 Å². The number of nitrogens with one attached hydrogen (secondary N) is 2. The van der Waals surface area contributed by atoms with Crippen molar-refractivity contribution < 1.29 is 9.90 Å². The summed E-state index contributed by atoms with van der Waals surface area (Å²) < 4.78 is 0. The molecule has 0 radical (unpaired) electrons. The topological polar surface area (TPSA) is 78.0 Å². The molecular formula is C30H25N3O2. The van der Waals surface area contributed by atoms with Crippen molar-refractivity contribution in [2.75, 3.05) is 6.54 Å². The van der Waals surface area contributed by atoms with E-state index in [0.717, 1.165) is 44.4 Å². The van der Waals surface area contributed by atoms with Crippen LogP contribution in [-0.4, -0.2) is 27.5 Å². The smallest absolute Gasteiger partial charge is 0.224 e. The number of nitrogens with zero attached hydrogens (tertiary/aromatic N) is 1. The van der Waals surface area contributed by atoms with E-state index in [-0.39, 0.29) is 11.7 Å². The fourth-order valence-corrected chi connectivity index (χ4v) is 4.09. The second-order valence-electron chi connectivity index (χ2n) is 8.34. The number of aromatic nitrogens is 2. The van der Waals surface area contributed by atoms with Gasteiger partial charge in [-0.15, -0.1) is 0 Å². The second kappa shape index (κ2) is 10.1. The highest BCUT2D eigenvalue weighted by Gasteiger charge is 2.13. The van der Waals surface area contributed by atoms with E-state index in [9.17, 15) is 9.90 Å². The van der Waals surface area contributed by atoms with Crippen LogP contribution >= 0.6 is 0 Å². The van der Waals surface area contributed by atoms with E-state index in [1.807, 2.05) is 97.1 Å². The van der Waals surface area contributed by atoms with Crippen molar-refractivity contribution in [1.29, 1.82) is 0 Å². The van der Waals surface area contributed by atoms with Crippen LogP contribution in [-0.2, 0) is 11.2 Å². The summed E-state index contributed by atoms with van der Waals surface area (Å²) in [5.74, 6) is 0.177. The van der Waals surface area contributed by atoms with Gasteiger partial charge in [0.1, 0.15) is 5.75 Å². The number of carbonyl (C=O) groups excluding carboxylic acids is 1. The normalized spacial score (nSPS) is 11.2. The minimum absolute atomic E-state index is 0.0337. The molecular weight excluding hydrogens is 434 g/mol. The minimum atomic E-state index is -0.0337. The Hall–Kier alpha value is -4.64. The van der Waals surface area contributed by atoms with Crippen molar-refractivity contribution in [3.8, 4) is 28.1 Å². The highest BCUT2D eigenvalue weighted by Crippen LogP contribution is 2.38. The minimum Gasteiger partial charge on any atom is -0.507 e. The third-order valence-corrected chi connectivity index (χ3v) is 5.91. The highest BCUT2D eigenvalue weighted by atomic mass is 16.3. The monoisotopic (exact) mass is 459 g/mol. The van der Waals surface area contributed by atoms with Gasteiger partial charge in [0, 0.05) is 29.3 Å². The number of para-hydroxylation sites is 1. The molecule has 1 amide bonds. The van der Waals surface area contributed by atoms with Crippen LogP contribution in [0.3, 0.4) is 0 Å². The number of benzene rings is 3. The zero-order chi connectivity index (χ0) is 24.0. The summed E-state index contributed by atoms with van der Waals surface area (Å²) in [6, 6.07) is 27.4. The SMILES string of the molecule is O=C(Cc1ccc(-c2cccc(-c3cc4ccncc4[nH]3)c2O)cc1)NC/C=C/c1ccccc1. The maximum Gasteiger partial charge on any atom is 0.224 e. The first-order valence-corrected chi connectivity index (χ1v) is 11.5. The number of aromatic amines is 1. The number of pyridine rings is 1. The molecule has 0 fully saturated rings. The molecule has 0 spiro atoms. The standard InChI is InChI=1S/C30H25N3O2/c34-29(32-16-5-8-21-6-2-1-3-7-21)18-22-11-13-23(14-12-22)25-9-4-10-26(30(25)35)27-19-24-15-17-31-20-28(24)33-27/h1-15,17,19-20,33,35H,16,18H2,(H,32,34)/b8-5+. The van der Waals surface area contributed by atoms with Crippen LogP contribution in [0.4, 0.5) is 0 Å². The van der Waals surface area contributed by atoms with Gasteiger partial charge < -0.3 is 15.4 Å². The first-order chi connectivity index (χ1) is 17.2. The maximum atomic E-state index is 12.3. The average Bonchev–Trinajstić information content (AvgIpc) is 3.32. The molecule has 2 aromatic heterocycles. The lowest BCUT2D eigenvalue weighted by molar-refractivity contribution is -0.120. The molecule has 3 aromatic carbocycles. The molecule has 172 valence electrons. The predicted molar refractivity (Wildman–Crippen MR) is 141 cm³/mol. The van der Waals surface area contributed by atoms with E-state index in [4.69, 9.17) is 0 Å². The quantitative estimate of drug-likeness (QED) is 0.280. The van der Waals surface area contributed by atoms with Crippen LogP contribution in [0.1, 0.15) is 11.1 Å². The molecule has 35 heavy (non-hydrogen) atoms. The number of carbonyl (C=O) groups is 1. The lowest BCUT2D eigenvalue weighted by Gasteiger charge is -2.10. The average molecular weight is 460 g/mol. The van der Waals surface area contributed by atoms with Gasteiger partial charge in [-0.05, 0) is 34.9 Å². The third kappa shape index (κ3) is 5.14. The number of H-pyrrole nitrogens is 1. The summed E-state index contributed by atoms with van der Waals surface area (Å²) in [4.78, 5) is 19.8. The molecule has 0 aliphatic heterocycles. The van der Waals surface area contributed by atoms with E-state index < -0.39 is 0 Å². The second-order valence-corrected chi connectivity index (χ2v) is 8.34. The van der Waals surface area contributed by atoms with Gasteiger partial charge in [-0.2, -0.15) is 0 Å². The Morgan fingerprint density at radius 3 is 2.54 bits per heavy atom. The Morgan fingerprint density at radius 2 is 1.74 bits per heavy atom. The summed E-state index contributed by atoms with van der Waals surface area (Å²) in [6.45, 7) is 0.482. The number of phenolic OH excluding ortho intramolecular Hbond substituents is 1. The summed E-state index contributed by atoms with van der Waals surface area (Å²) in [6.07, 6.45) is 7.75. The Labute approximate surface area is 203 Å². The predicted octanol–water partition coefficient (Wildman–Crippen LogP) is 5.97. The number of rotatable bonds is 7. The molecule has 0 unspecified atom stereocenters. The first-order valence-electron chi connectivity index (χ1n) is 11.5. The van der Waals surface area contributed by atoms with Crippen LogP contribution in [0.5, 0.6) is 5.75 Å². The molecule has 0 atom stereocenters. The van der Waals surface area contributed by atoms with Crippen LogP contribution < -0.4 is 5.32 Å². The van der Waals surface area contributed by atoms with Crippen molar-refractivity contribution in [3.05, 3.63) is 115 Å². The Morgan fingerprint density at radius 1 is 0.943 bits per heavy atom. The number of hydrogen-bond donors (Lipinski definition) is 3. The zero-order valence-corrected chi connectivity index (χ0v) is 19.1. The molecule has 5 rings (SSSR count). The lowest BCUT2D eigenvalue weighted by Crippen LogP contribution is -2.24. The molecule has 2 heterocycles. The van der Waals surface area contributed by atoms with Gasteiger partial charge in [-0.1, -0.05) is 78.9 Å². The van der Waals surface area contributed by atoms with Gasteiger partial charge in [-0.3, -0.25) is 9.78 Å². The molecule has 5 nitrogen and oxygen atoms in total. The zero-order valence-electron chi connectivity index (χ0n) is 19.1. The van der Waals surface area contributed by atoms with Crippen molar-refractivity contribution in [1.82, 2.24) is 15.3 Å². The summed E-state index contributed by atoms with van der Waals surface area (Å²) in [5, 5.41) is 15.0. The van der Waals surface area contributed by atoms with Crippen LogP contribution in [0.25, 0.3) is 39.4 Å². The molecule has 5 aromatic rings. The van der Waals surface area contributed by atoms with Gasteiger partial charge in [0.05, 0.1) is 23.8 Å². The Kier molecular flexibility index (Phi) is 6.39. The molecule has 5 heteroatoms. The number of phenols is 1. The maximum absolute atomic E-state index is 12.3. The van der Waals surface area contributed by atoms with Crippen molar-refractivity contribution in [2.45, 2.75) is 6.42 Å². The van der Waals surface area contributed by atoms with E-state index >= 15 is 0 Å². The summed E-state index contributed by atoms with van der Waals surface area (Å²) in [5.41, 5.74) is 6.12. The number of aromatic hydroxyl groups is 1. The highest BCUT2D eigenvalue weighted by molar-refractivity contribution is 5.89. The summed E-state index contributed by atoms with van der Waals surface area (Å²) >= 11 is 0. The van der Waals surface area contributed by atoms with Gasteiger partial charge in [0.25, 0.3) is 0 Å². The molecule has 0 bridgehead atoms. The number of fused-ring (bicyclic) bond motifs is 1. The largest absolute Gasteiger partial charge is 0.507 e. The molecule has 0 aliphatic rings. The van der Waals surface area contributed by atoms with Crippen LogP contribution in [0.15, 0.2) is 103 Å². The summed E-state index contributed by atoms with van der Waals surface area (Å²) in [7, 11) is 0. The Balaban J connectivity index is 1.25. The lowest BCUT2D eigenvalue weighted by atomic mass is 9.98. The number of amides is 1.